The predicted molar refractivity (Wildman–Crippen MR) is 111 cm³/mol. The monoisotopic (exact) mass is 419 g/mol. The number of carbonyl (C=O) groups is 2. The maximum atomic E-state index is 13.3. The molecule has 4 rings (SSSR count). The minimum Gasteiger partial charge on any atom is -0.625 e. The average Bonchev–Trinajstić information content (AvgIpc) is 3.33. The Kier molecular flexibility index (Phi) is 5.28. The number of hydrogen-bond donors (Lipinski definition) is 1. The Balaban J connectivity index is 1.52. The minimum absolute atomic E-state index is 0.124. The van der Waals surface area contributed by atoms with Gasteiger partial charge in [-0.2, -0.15) is 0 Å². The Labute approximate surface area is 172 Å². The lowest BCUT2D eigenvalue weighted by atomic mass is 10.1. The number of nitrogens with one attached hydrogen (secondary N) is 1. The molecule has 0 bridgehead atoms. The van der Waals surface area contributed by atoms with Gasteiger partial charge in [-0.1, -0.05) is 23.7 Å². The summed E-state index contributed by atoms with van der Waals surface area (Å²) in [4.78, 5) is 28.2. The number of anilines is 1. The van der Waals surface area contributed by atoms with Gasteiger partial charge in [-0.3, -0.25) is 9.44 Å². The molecule has 2 aromatic rings. The molecule has 2 aliphatic heterocycles. The highest BCUT2D eigenvalue weighted by atomic mass is 35.5. The summed E-state index contributed by atoms with van der Waals surface area (Å²) in [6, 6.07) is 8.89. The summed E-state index contributed by atoms with van der Waals surface area (Å²) >= 11 is 7.07. The second kappa shape index (κ2) is 7.57. The largest absolute Gasteiger partial charge is 0.625 e. The molecule has 2 unspecified atom stereocenters. The number of nitrogens with zero attached hydrogens (tertiary/aromatic N) is 2. The third-order valence-corrected chi connectivity index (χ3v) is 6.93. The van der Waals surface area contributed by atoms with Gasteiger partial charge in [0.2, 0.25) is 0 Å². The van der Waals surface area contributed by atoms with Crippen LogP contribution in [0.3, 0.4) is 0 Å². The number of hydrogen-bond acceptors (Lipinski definition) is 5. The first-order valence-corrected chi connectivity index (χ1v) is 10.6. The fraction of sp³-hybridized carbons (Fsp3) is 0.400. The molecule has 1 fully saturated rings. The van der Waals surface area contributed by atoms with E-state index in [4.69, 9.17) is 11.6 Å². The summed E-state index contributed by atoms with van der Waals surface area (Å²) < 4.78 is -0.358. The van der Waals surface area contributed by atoms with E-state index >= 15 is 0 Å². The van der Waals surface area contributed by atoms with Gasteiger partial charge in [-0.15, -0.1) is 11.3 Å². The van der Waals surface area contributed by atoms with Crippen molar-refractivity contribution in [2.75, 3.05) is 25.5 Å². The normalized spacial score (nSPS) is 24.5. The molecule has 1 N–H and O–H groups in total. The number of halogens is 1. The van der Waals surface area contributed by atoms with Crippen LogP contribution in [-0.2, 0) is 6.54 Å². The Bertz CT molecular complexity index is 931. The summed E-state index contributed by atoms with van der Waals surface area (Å²) in [6.07, 6.45) is 2.91. The number of amides is 2. The van der Waals surface area contributed by atoms with E-state index in [1.807, 2.05) is 0 Å². The zero-order chi connectivity index (χ0) is 19.9. The highest BCUT2D eigenvalue weighted by Crippen LogP contribution is 2.35. The average molecular weight is 420 g/mol. The fourth-order valence-electron chi connectivity index (χ4n) is 4.14. The Morgan fingerprint density at radius 1 is 1.39 bits per heavy atom. The molecule has 2 amide bonds. The minimum atomic E-state index is -0.878. The molecule has 2 atom stereocenters. The van der Waals surface area contributed by atoms with E-state index in [0.29, 0.717) is 38.5 Å². The zero-order valence-corrected chi connectivity index (χ0v) is 17.2. The van der Waals surface area contributed by atoms with Crippen molar-refractivity contribution in [3.05, 3.63) is 55.9 Å². The van der Waals surface area contributed by atoms with Crippen LogP contribution >= 0.6 is 22.9 Å². The van der Waals surface area contributed by atoms with E-state index in [0.717, 1.165) is 19.4 Å². The van der Waals surface area contributed by atoms with Crippen molar-refractivity contribution in [1.29, 1.82) is 0 Å². The topological polar surface area (TPSA) is 72.5 Å². The third-order valence-electron chi connectivity index (χ3n) is 5.70. The van der Waals surface area contributed by atoms with Crippen LogP contribution in [0.2, 0.25) is 4.34 Å². The SMILES string of the molecule is CN1CCCC1CC[N+]1([O-])Cc2cccc(NC(=O)c3ccc(Cl)s3)c2C1=O. The maximum Gasteiger partial charge on any atom is 0.348 e. The van der Waals surface area contributed by atoms with Crippen molar-refractivity contribution >= 4 is 40.4 Å². The maximum absolute atomic E-state index is 13.3. The Hall–Kier alpha value is -1.77. The first-order valence-electron chi connectivity index (χ1n) is 9.39. The predicted octanol–water partition coefficient (Wildman–Crippen LogP) is 4.11. The van der Waals surface area contributed by atoms with Crippen molar-refractivity contribution in [3.63, 3.8) is 0 Å². The number of quaternary nitrogens is 1. The number of benzene rings is 1. The van der Waals surface area contributed by atoms with Gasteiger partial charge in [0.05, 0.1) is 21.4 Å². The molecule has 0 saturated carbocycles. The highest BCUT2D eigenvalue weighted by molar-refractivity contribution is 7.18. The van der Waals surface area contributed by atoms with Crippen LogP contribution in [-0.4, -0.2) is 47.5 Å². The van der Waals surface area contributed by atoms with Crippen LogP contribution in [0.5, 0.6) is 0 Å². The van der Waals surface area contributed by atoms with Crippen LogP contribution in [0, 0.1) is 5.21 Å². The third kappa shape index (κ3) is 3.60. The molecular formula is C20H22ClN3O3S. The molecule has 6 nitrogen and oxygen atoms in total. The van der Waals surface area contributed by atoms with Crippen LogP contribution in [0.25, 0.3) is 0 Å². The zero-order valence-electron chi connectivity index (χ0n) is 15.6. The molecule has 1 saturated heterocycles. The van der Waals surface area contributed by atoms with E-state index < -0.39 is 10.6 Å². The molecule has 3 heterocycles. The molecule has 0 aliphatic carbocycles. The number of likely N-dealkylation sites (tertiary alicyclic amines) is 1. The van der Waals surface area contributed by atoms with Gasteiger partial charge in [-0.25, -0.2) is 4.79 Å². The first kappa shape index (κ1) is 19.5. The molecular weight excluding hydrogens is 398 g/mol. The van der Waals surface area contributed by atoms with Gasteiger partial charge in [0, 0.05) is 18.0 Å². The quantitative estimate of drug-likeness (QED) is 0.584. The molecule has 2 aliphatic rings. The molecule has 148 valence electrons. The van der Waals surface area contributed by atoms with Crippen molar-refractivity contribution in [3.8, 4) is 0 Å². The number of thiophene rings is 1. The summed E-state index contributed by atoms with van der Waals surface area (Å²) in [6.45, 7) is 1.43. The van der Waals surface area contributed by atoms with Crippen LogP contribution in [0.4, 0.5) is 5.69 Å². The standard InChI is InChI=1S/C20H22ClN3O3S/c1-23-10-3-5-14(23)9-11-24(27)12-13-4-2-6-15(18(13)20(24)26)22-19(25)16-7-8-17(21)28-16/h2,4,6-8,14H,3,5,9-12H2,1H3,(H,22,25). The molecule has 1 aromatic carbocycles. The Morgan fingerprint density at radius 3 is 2.89 bits per heavy atom. The molecule has 0 spiro atoms. The van der Waals surface area contributed by atoms with Gasteiger partial charge in [0.25, 0.3) is 5.91 Å². The van der Waals surface area contributed by atoms with Gasteiger partial charge in [0.1, 0.15) is 12.1 Å². The number of fused-ring (bicyclic) bond motifs is 1. The van der Waals surface area contributed by atoms with E-state index in [1.54, 1.807) is 30.3 Å². The van der Waals surface area contributed by atoms with E-state index in [1.165, 1.54) is 11.3 Å². The Morgan fingerprint density at radius 2 is 2.21 bits per heavy atom. The fourth-order valence-corrected chi connectivity index (χ4v) is 5.08. The molecule has 1 aromatic heterocycles. The van der Waals surface area contributed by atoms with Crippen LogP contribution < -0.4 is 5.32 Å². The van der Waals surface area contributed by atoms with Crippen molar-refractivity contribution < 1.29 is 14.2 Å². The van der Waals surface area contributed by atoms with E-state index in [-0.39, 0.29) is 19.0 Å². The lowest BCUT2D eigenvalue weighted by molar-refractivity contribution is -0.808. The van der Waals surface area contributed by atoms with Gasteiger partial charge in [0.15, 0.2) is 0 Å². The smallest absolute Gasteiger partial charge is 0.348 e. The summed E-state index contributed by atoms with van der Waals surface area (Å²) in [5, 5.41) is 16.1. The van der Waals surface area contributed by atoms with Gasteiger partial charge >= 0.3 is 5.91 Å². The number of hydroxylamine groups is 3. The van der Waals surface area contributed by atoms with Crippen molar-refractivity contribution in [2.24, 2.45) is 0 Å². The highest BCUT2D eigenvalue weighted by Gasteiger charge is 2.41. The van der Waals surface area contributed by atoms with Crippen molar-refractivity contribution in [2.45, 2.75) is 31.8 Å². The second-order valence-electron chi connectivity index (χ2n) is 7.54. The van der Waals surface area contributed by atoms with E-state index in [2.05, 4.69) is 17.3 Å². The van der Waals surface area contributed by atoms with Gasteiger partial charge in [-0.05, 0) is 44.6 Å². The lowest BCUT2D eigenvalue weighted by Crippen LogP contribution is -2.45. The molecule has 0 radical (unpaired) electrons. The number of carbonyl (C=O) groups excluding carboxylic acids is 2. The molecule has 8 heteroatoms. The second-order valence-corrected chi connectivity index (χ2v) is 9.25. The van der Waals surface area contributed by atoms with Crippen LogP contribution in [0.15, 0.2) is 30.3 Å². The van der Waals surface area contributed by atoms with E-state index in [9.17, 15) is 14.8 Å². The summed E-state index contributed by atoms with van der Waals surface area (Å²) in [5.41, 5.74) is 1.43. The van der Waals surface area contributed by atoms with Gasteiger partial charge < -0.3 is 15.4 Å². The number of rotatable bonds is 5. The van der Waals surface area contributed by atoms with Crippen LogP contribution in [0.1, 0.15) is 44.9 Å². The summed E-state index contributed by atoms with van der Waals surface area (Å²) in [5.74, 6) is -0.794. The molecule has 28 heavy (non-hydrogen) atoms. The first-order chi connectivity index (χ1) is 13.4. The van der Waals surface area contributed by atoms with Crippen molar-refractivity contribution in [1.82, 2.24) is 4.90 Å². The lowest BCUT2D eigenvalue weighted by Gasteiger charge is -2.36. The summed E-state index contributed by atoms with van der Waals surface area (Å²) in [7, 11) is 2.07.